The smallest absolute Gasteiger partial charge is 0.341 e. The third-order valence-corrected chi connectivity index (χ3v) is 5.71. The number of aliphatic carboxylic acids is 2. The number of ether oxygens (including phenoxy) is 4. The molecule has 2 N–H and O–H groups in total. The van der Waals surface area contributed by atoms with Gasteiger partial charge < -0.3 is 29.2 Å². The van der Waals surface area contributed by atoms with Crippen molar-refractivity contribution < 1.29 is 48.3 Å². The molecule has 0 aliphatic carbocycles. The van der Waals surface area contributed by atoms with Crippen molar-refractivity contribution >= 4 is 55.7 Å². The fraction of sp³-hybridized carbons (Fsp3) is 0.273. The first-order valence-electron chi connectivity index (χ1n) is 9.31. The molecule has 0 unspecified atom stereocenters. The molecule has 0 aromatic heterocycles. The van der Waals surface area contributed by atoms with Crippen molar-refractivity contribution in [3.63, 3.8) is 0 Å². The van der Waals surface area contributed by atoms with E-state index in [4.69, 9.17) is 19.7 Å². The Morgan fingerprint density at radius 2 is 1.00 bits per heavy atom. The number of halogens is 2. The van der Waals surface area contributed by atoms with Crippen LogP contribution in [0.15, 0.2) is 33.2 Å². The molecule has 0 aliphatic rings. The van der Waals surface area contributed by atoms with Gasteiger partial charge in [0.15, 0.2) is 0 Å². The van der Waals surface area contributed by atoms with Gasteiger partial charge in [-0.25, -0.2) is 9.59 Å². The van der Waals surface area contributed by atoms with Gasteiger partial charge >= 0.3 is 23.9 Å². The van der Waals surface area contributed by atoms with E-state index in [1.165, 1.54) is 52.7 Å². The summed E-state index contributed by atoms with van der Waals surface area (Å²) in [5.74, 6) is -2.42. The molecule has 0 amide bonds. The number of carboxylic acid groups (broad SMARTS) is 2. The largest absolute Gasteiger partial charge is 0.496 e. The van der Waals surface area contributed by atoms with Gasteiger partial charge in [0.25, 0.3) is 0 Å². The zero-order chi connectivity index (χ0) is 26.0. The average Bonchev–Trinajstić information content (AvgIpc) is 2.79. The molecule has 0 heterocycles. The molecule has 0 bridgehead atoms. The quantitative estimate of drug-likeness (QED) is 0.427. The first kappa shape index (κ1) is 28.9. The van der Waals surface area contributed by atoms with Crippen molar-refractivity contribution in [3.8, 4) is 11.5 Å². The predicted molar refractivity (Wildman–Crippen MR) is 127 cm³/mol. The molecule has 2 aromatic rings. The summed E-state index contributed by atoms with van der Waals surface area (Å²) in [6.45, 7) is 0. The van der Waals surface area contributed by atoms with Crippen LogP contribution in [0.25, 0.3) is 0 Å². The Balaban J connectivity index is 0.000000340. The minimum Gasteiger partial charge on any atom is -0.496 e. The summed E-state index contributed by atoms with van der Waals surface area (Å²) in [6, 6.07) is 5.99. The summed E-state index contributed by atoms with van der Waals surface area (Å²) in [6.07, 6.45) is -0.309. The molecule has 0 atom stereocenters. The third-order valence-electron chi connectivity index (χ3n) is 4.23. The maximum absolute atomic E-state index is 11.4. The number of carbonyl (C=O) groups is 4. The van der Waals surface area contributed by atoms with Gasteiger partial charge in [0, 0.05) is 8.95 Å². The zero-order valence-electron chi connectivity index (χ0n) is 18.6. The van der Waals surface area contributed by atoms with Crippen molar-refractivity contribution in [2.75, 3.05) is 28.4 Å². The maximum atomic E-state index is 11.4. The number of carboxylic acids is 2. The van der Waals surface area contributed by atoms with Crippen LogP contribution in [0.2, 0.25) is 0 Å². The highest BCUT2D eigenvalue weighted by Gasteiger charge is 2.18. The minimum atomic E-state index is -0.960. The van der Waals surface area contributed by atoms with Gasteiger partial charge in [0.2, 0.25) is 0 Å². The van der Waals surface area contributed by atoms with E-state index in [0.29, 0.717) is 20.1 Å². The van der Waals surface area contributed by atoms with Gasteiger partial charge in [-0.15, -0.1) is 0 Å². The molecule has 2 rings (SSSR count). The molecular weight excluding hydrogens is 584 g/mol. The zero-order valence-corrected chi connectivity index (χ0v) is 21.8. The molecule has 0 saturated carbocycles. The van der Waals surface area contributed by atoms with Crippen molar-refractivity contribution in [3.05, 3.63) is 55.5 Å². The van der Waals surface area contributed by atoms with Gasteiger partial charge in [0.05, 0.1) is 41.3 Å². The van der Waals surface area contributed by atoms with Gasteiger partial charge in [0.1, 0.15) is 22.6 Å². The lowest BCUT2D eigenvalue weighted by Crippen LogP contribution is -2.07. The average molecular weight is 606 g/mol. The van der Waals surface area contributed by atoms with Crippen LogP contribution in [0.1, 0.15) is 31.8 Å². The van der Waals surface area contributed by atoms with Crippen LogP contribution in [-0.4, -0.2) is 62.5 Å². The van der Waals surface area contributed by atoms with Crippen LogP contribution in [0.3, 0.4) is 0 Å². The van der Waals surface area contributed by atoms with Crippen LogP contribution >= 0.6 is 31.9 Å². The second-order valence-electron chi connectivity index (χ2n) is 6.41. The summed E-state index contributed by atoms with van der Waals surface area (Å²) in [4.78, 5) is 44.2. The molecule has 0 spiro atoms. The Hall–Kier alpha value is -3.12. The molecule has 0 fully saturated rings. The van der Waals surface area contributed by atoms with Crippen LogP contribution in [0, 0.1) is 0 Å². The normalized spacial score (nSPS) is 9.82. The lowest BCUT2D eigenvalue weighted by atomic mass is 10.1. The predicted octanol–water partition coefficient (Wildman–Crippen LogP) is 3.74. The highest BCUT2D eigenvalue weighted by Crippen LogP contribution is 2.29. The van der Waals surface area contributed by atoms with Crippen molar-refractivity contribution in [2.24, 2.45) is 0 Å². The fourth-order valence-electron chi connectivity index (χ4n) is 2.66. The lowest BCUT2D eigenvalue weighted by molar-refractivity contribution is -0.137. The standard InChI is InChI=1S/2C11H11BrO5/c2*1-16-9-3-6(4-10(13)14)8(12)5-7(9)11(15)17-2/h2*3,5H,4H2,1-2H3,(H,13,14). The molecule has 10 nitrogen and oxygen atoms in total. The molecule has 12 heteroatoms. The molecular formula is C22H22Br2O10. The van der Waals surface area contributed by atoms with Gasteiger partial charge in [-0.2, -0.15) is 0 Å². The summed E-state index contributed by atoms with van der Waals surface area (Å²) >= 11 is 6.42. The molecule has 34 heavy (non-hydrogen) atoms. The Labute approximate surface area is 212 Å². The van der Waals surface area contributed by atoms with E-state index >= 15 is 0 Å². The Morgan fingerprint density at radius 3 is 1.24 bits per heavy atom. The van der Waals surface area contributed by atoms with E-state index in [1.807, 2.05) is 0 Å². The third kappa shape index (κ3) is 8.03. The van der Waals surface area contributed by atoms with Crippen LogP contribution in [0.5, 0.6) is 11.5 Å². The Bertz CT molecular complexity index is 996. The summed E-state index contributed by atoms with van der Waals surface area (Å²) < 4.78 is 20.3. The van der Waals surface area contributed by atoms with Crippen LogP contribution in [-0.2, 0) is 31.9 Å². The number of rotatable bonds is 8. The van der Waals surface area contributed by atoms with Gasteiger partial charge in [-0.05, 0) is 35.4 Å². The van der Waals surface area contributed by atoms with Crippen LogP contribution < -0.4 is 9.47 Å². The van der Waals surface area contributed by atoms with Crippen molar-refractivity contribution in [1.82, 2.24) is 0 Å². The van der Waals surface area contributed by atoms with E-state index in [1.54, 1.807) is 0 Å². The Morgan fingerprint density at radius 1 is 0.676 bits per heavy atom. The molecule has 0 aliphatic heterocycles. The van der Waals surface area contributed by atoms with Gasteiger partial charge in [-0.1, -0.05) is 31.9 Å². The fourth-order valence-corrected chi connectivity index (χ4v) is 3.63. The number of benzene rings is 2. The summed E-state index contributed by atoms with van der Waals surface area (Å²) in [5.41, 5.74) is 1.55. The first-order valence-corrected chi connectivity index (χ1v) is 10.9. The molecule has 2 aromatic carbocycles. The number of methoxy groups -OCH3 is 4. The molecule has 184 valence electrons. The second kappa shape index (κ2) is 13.6. The van der Waals surface area contributed by atoms with E-state index in [2.05, 4.69) is 41.3 Å². The number of esters is 2. The van der Waals surface area contributed by atoms with E-state index in [9.17, 15) is 19.2 Å². The second-order valence-corrected chi connectivity index (χ2v) is 8.12. The summed E-state index contributed by atoms with van der Waals surface area (Å²) in [5, 5.41) is 17.5. The lowest BCUT2D eigenvalue weighted by Gasteiger charge is -2.10. The maximum Gasteiger partial charge on any atom is 0.341 e. The number of hydrogen-bond donors (Lipinski definition) is 2. The minimum absolute atomic E-state index is 0.154. The SMILES string of the molecule is COC(=O)c1cc(Br)c(CC(=O)O)cc1OC.COC(=O)c1cc(Br)c(CC(=O)O)cc1OC. The van der Waals surface area contributed by atoms with Crippen molar-refractivity contribution in [2.45, 2.75) is 12.8 Å². The van der Waals surface area contributed by atoms with Crippen molar-refractivity contribution in [1.29, 1.82) is 0 Å². The number of hydrogen-bond acceptors (Lipinski definition) is 8. The molecule has 0 saturated heterocycles. The molecule has 0 radical (unpaired) electrons. The van der Waals surface area contributed by atoms with E-state index in [-0.39, 0.29) is 35.5 Å². The highest BCUT2D eigenvalue weighted by atomic mass is 79.9. The first-order chi connectivity index (χ1) is 16.0. The van der Waals surface area contributed by atoms with Gasteiger partial charge in [-0.3, -0.25) is 9.59 Å². The van der Waals surface area contributed by atoms with E-state index < -0.39 is 23.9 Å². The monoisotopic (exact) mass is 604 g/mol. The Kier molecular flexibility index (Phi) is 11.5. The topological polar surface area (TPSA) is 146 Å². The highest BCUT2D eigenvalue weighted by molar-refractivity contribution is 9.10. The van der Waals surface area contributed by atoms with E-state index in [0.717, 1.165) is 0 Å². The van der Waals surface area contributed by atoms with Crippen LogP contribution in [0.4, 0.5) is 0 Å². The summed E-state index contributed by atoms with van der Waals surface area (Å²) in [7, 11) is 5.34. The number of carbonyl (C=O) groups excluding carboxylic acids is 2.